The molecule has 1 aromatic rings. The molecule has 0 aliphatic carbocycles. The van der Waals surface area contributed by atoms with E-state index in [-0.39, 0.29) is 5.54 Å². The number of rotatable bonds is 3. The fraction of sp³-hybridized carbons (Fsp3) is 0.667. The van der Waals surface area contributed by atoms with Crippen LogP contribution in [0.3, 0.4) is 0 Å². The number of piperidine rings is 1. The number of nitrogens with zero attached hydrogens (tertiary/aromatic N) is 1. The Bertz CT molecular complexity index is 479. The summed E-state index contributed by atoms with van der Waals surface area (Å²) >= 11 is 3.63. The van der Waals surface area contributed by atoms with Crippen molar-refractivity contribution >= 4 is 21.6 Å². The van der Waals surface area contributed by atoms with Crippen molar-refractivity contribution in [1.82, 2.24) is 5.32 Å². The molecule has 0 spiro atoms. The second kappa shape index (κ2) is 6.70. The van der Waals surface area contributed by atoms with Gasteiger partial charge in [-0.2, -0.15) is 0 Å². The standard InChI is InChI=1S/C18H29BrN2/c1-13-8-9-21(12-14(13)2)17-10-16(19)7-6-15(17)11-20-18(3,4)5/h6-7,10,13-14,20H,8-9,11-12H2,1-5H3. The molecule has 1 N–H and O–H groups in total. The first-order chi connectivity index (χ1) is 9.76. The Hall–Kier alpha value is -0.540. The largest absolute Gasteiger partial charge is 0.371 e. The third kappa shape index (κ3) is 4.72. The summed E-state index contributed by atoms with van der Waals surface area (Å²) in [6, 6.07) is 6.68. The quantitative estimate of drug-likeness (QED) is 0.838. The van der Waals surface area contributed by atoms with E-state index in [1.54, 1.807) is 0 Å². The summed E-state index contributed by atoms with van der Waals surface area (Å²) in [5.41, 5.74) is 2.93. The fourth-order valence-corrected chi connectivity index (χ4v) is 3.17. The van der Waals surface area contributed by atoms with Crippen LogP contribution in [-0.2, 0) is 6.54 Å². The molecule has 0 amide bonds. The van der Waals surface area contributed by atoms with Crippen molar-refractivity contribution in [3.63, 3.8) is 0 Å². The number of anilines is 1. The minimum atomic E-state index is 0.147. The van der Waals surface area contributed by atoms with E-state index >= 15 is 0 Å². The first kappa shape index (κ1) is 16.8. The second-order valence-corrected chi connectivity index (χ2v) is 8.48. The highest BCUT2D eigenvalue weighted by Crippen LogP contribution is 2.31. The summed E-state index contributed by atoms with van der Waals surface area (Å²) in [5, 5.41) is 3.62. The molecule has 1 aliphatic rings. The Morgan fingerprint density at radius 3 is 2.57 bits per heavy atom. The third-order valence-corrected chi connectivity index (χ3v) is 5.02. The van der Waals surface area contributed by atoms with Crippen LogP contribution in [0.15, 0.2) is 22.7 Å². The highest BCUT2D eigenvalue weighted by molar-refractivity contribution is 9.10. The molecule has 2 atom stereocenters. The summed E-state index contributed by atoms with van der Waals surface area (Å²) in [4.78, 5) is 2.56. The lowest BCUT2D eigenvalue weighted by Gasteiger charge is -2.38. The van der Waals surface area contributed by atoms with E-state index in [9.17, 15) is 0 Å². The van der Waals surface area contributed by atoms with Gasteiger partial charge in [0, 0.05) is 35.3 Å². The Morgan fingerprint density at radius 1 is 1.24 bits per heavy atom. The molecule has 0 saturated carbocycles. The smallest absolute Gasteiger partial charge is 0.0423 e. The fourth-order valence-electron chi connectivity index (χ4n) is 2.82. The van der Waals surface area contributed by atoms with Crippen molar-refractivity contribution in [1.29, 1.82) is 0 Å². The Morgan fingerprint density at radius 2 is 1.95 bits per heavy atom. The predicted molar refractivity (Wildman–Crippen MR) is 95.9 cm³/mol. The van der Waals surface area contributed by atoms with Gasteiger partial charge in [0.15, 0.2) is 0 Å². The normalized spacial score (nSPS) is 23.4. The van der Waals surface area contributed by atoms with Crippen LogP contribution in [0.1, 0.15) is 46.6 Å². The van der Waals surface area contributed by atoms with E-state index in [0.29, 0.717) is 0 Å². The maximum absolute atomic E-state index is 3.63. The number of halogens is 1. The molecule has 0 aromatic heterocycles. The highest BCUT2D eigenvalue weighted by atomic mass is 79.9. The van der Waals surface area contributed by atoms with E-state index in [1.165, 1.54) is 35.2 Å². The van der Waals surface area contributed by atoms with E-state index in [2.05, 4.69) is 79.0 Å². The van der Waals surface area contributed by atoms with Gasteiger partial charge in [0.25, 0.3) is 0 Å². The van der Waals surface area contributed by atoms with Gasteiger partial charge in [0.1, 0.15) is 0 Å². The van der Waals surface area contributed by atoms with Crippen molar-refractivity contribution in [2.24, 2.45) is 11.8 Å². The van der Waals surface area contributed by atoms with Gasteiger partial charge in [0.2, 0.25) is 0 Å². The first-order valence-corrected chi connectivity index (χ1v) is 8.84. The molecule has 0 radical (unpaired) electrons. The molecule has 1 heterocycles. The minimum absolute atomic E-state index is 0.147. The van der Waals surface area contributed by atoms with Gasteiger partial charge in [-0.05, 0) is 56.7 Å². The highest BCUT2D eigenvalue weighted by Gasteiger charge is 2.24. The number of nitrogens with one attached hydrogen (secondary N) is 1. The molecule has 1 fully saturated rings. The molecule has 2 rings (SSSR count). The number of hydrogen-bond acceptors (Lipinski definition) is 2. The number of benzene rings is 1. The molecule has 0 bridgehead atoms. The molecular weight excluding hydrogens is 324 g/mol. The topological polar surface area (TPSA) is 15.3 Å². The lowest BCUT2D eigenvalue weighted by molar-refractivity contribution is 0.323. The van der Waals surface area contributed by atoms with Crippen LogP contribution in [0.4, 0.5) is 5.69 Å². The van der Waals surface area contributed by atoms with Gasteiger partial charge in [0.05, 0.1) is 0 Å². The zero-order chi connectivity index (χ0) is 15.6. The molecule has 1 aliphatic heterocycles. The lowest BCUT2D eigenvalue weighted by Crippen LogP contribution is -2.40. The van der Waals surface area contributed by atoms with Gasteiger partial charge in [-0.25, -0.2) is 0 Å². The van der Waals surface area contributed by atoms with E-state index in [4.69, 9.17) is 0 Å². The molecular formula is C18H29BrN2. The van der Waals surface area contributed by atoms with Crippen LogP contribution in [0, 0.1) is 11.8 Å². The van der Waals surface area contributed by atoms with Crippen molar-refractivity contribution < 1.29 is 0 Å². The van der Waals surface area contributed by atoms with Crippen LogP contribution >= 0.6 is 15.9 Å². The molecule has 118 valence electrons. The van der Waals surface area contributed by atoms with Crippen LogP contribution in [0.25, 0.3) is 0 Å². The Balaban J connectivity index is 2.19. The van der Waals surface area contributed by atoms with Crippen molar-refractivity contribution in [2.75, 3.05) is 18.0 Å². The second-order valence-electron chi connectivity index (χ2n) is 7.57. The van der Waals surface area contributed by atoms with Crippen LogP contribution in [-0.4, -0.2) is 18.6 Å². The van der Waals surface area contributed by atoms with Crippen molar-refractivity contribution in [2.45, 2.75) is 53.1 Å². The molecule has 1 aromatic carbocycles. The molecule has 2 nitrogen and oxygen atoms in total. The maximum Gasteiger partial charge on any atom is 0.0423 e. The van der Waals surface area contributed by atoms with Crippen LogP contribution in [0.2, 0.25) is 0 Å². The summed E-state index contributed by atoms with van der Waals surface area (Å²) in [6.07, 6.45) is 1.29. The predicted octanol–water partition coefficient (Wildman–Crippen LogP) is 4.82. The zero-order valence-electron chi connectivity index (χ0n) is 14.0. The van der Waals surface area contributed by atoms with Gasteiger partial charge < -0.3 is 10.2 Å². The Labute approximate surface area is 138 Å². The SMILES string of the molecule is CC1CCN(c2cc(Br)ccc2CNC(C)(C)C)CC1C. The van der Waals surface area contributed by atoms with Crippen LogP contribution in [0.5, 0.6) is 0 Å². The van der Waals surface area contributed by atoms with E-state index in [1.807, 2.05) is 0 Å². The minimum Gasteiger partial charge on any atom is -0.371 e. The summed E-state index contributed by atoms with van der Waals surface area (Å²) in [7, 11) is 0. The summed E-state index contributed by atoms with van der Waals surface area (Å²) < 4.78 is 1.17. The number of hydrogen-bond donors (Lipinski definition) is 1. The van der Waals surface area contributed by atoms with Crippen LogP contribution < -0.4 is 10.2 Å². The zero-order valence-corrected chi connectivity index (χ0v) is 15.6. The van der Waals surface area contributed by atoms with Gasteiger partial charge in [-0.3, -0.25) is 0 Å². The van der Waals surface area contributed by atoms with Gasteiger partial charge >= 0.3 is 0 Å². The summed E-state index contributed by atoms with van der Waals surface area (Å²) in [5.74, 6) is 1.60. The molecule has 3 heteroatoms. The van der Waals surface area contributed by atoms with E-state index in [0.717, 1.165) is 18.4 Å². The Kier molecular flexibility index (Phi) is 5.37. The molecule has 2 unspecified atom stereocenters. The third-order valence-electron chi connectivity index (χ3n) is 4.53. The van der Waals surface area contributed by atoms with E-state index < -0.39 is 0 Å². The van der Waals surface area contributed by atoms with Crippen molar-refractivity contribution in [3.8, 4) is 0 Å². The average molecular weight is 353 g/mol. The van der Waals surface area contributed by atoms with Gasteiger partial charge in [-0.1, -0.05) is 35.8 Å². The average Bonchev–Trinajstić information content (AvgIpc) is 2.39. The maximum atomic E-state index is 3.63. The van der Waals surface area contributed by atoms with Crippen molar-refractivity contribution in [3.05, 3.63) is 28.2 Å². The first-order valence-electron chi connectivity index (χ1n) is 8.04. The summed E-state index contributed by atoms with van der Waals surface area (Å²) in [6.45, 7) is 14.7. The lowest BCUT2D eigenvalue weighted by atomic mass is 9.88. The molecule has 21 heavy (non-hydrogen) atoms. The monoisotopic (exact) mass is 352 g/mol. The molecule has 1 saturated heterocycles. The van der Waals surface area contributed by atoms with Gasteiger partial charge in [-0.15, -0.1) is 0 Å².